The average Bonchev–Trinajstić information content (AvgIpc) is 3.25. The maximum atomic E-state index is 12.7. The fourth-order valence-corrected chi connectivity index (χ4v) is 4.22. The van der Waals surface area contributed by atoms with Crippen molar-refractivity contribution in [2.45, 2.75) is 38.1 Å². The third-order valence-corrected chi connectivity index (χ3v) is 5.94. The fraction of sp³-hybridized carbons (Fsp3) is 0.474. The Balaban J connectivity index is 1.45. The number of piperidine rings is 1. The van der Waals surface area contributed by atoms with Crippen LogP contribution in [0.1, 0.15) is 43.1 Å². The third-order valence-electron chi connectivity index (χ3n) is 5.70. The summed E-state index contributed by atoms with van der Waals surface area (Å²) in [7, 11) is 0. The number of carbonyl (C=O) groups is 2. The summed E-state index contributed by atoms with van der Waals surface area (Å²) in [4.78, 5) is 29.3. The Hall–Kier alpha value is -2.01. The number of fused-ring (bicyclic) bond motifs is 1. The van der Waals surface area contributed by atoms with Crippen LogP contribution in [0.2, 0.25) is 5.02 Å². The number of rotatable bonds is 3. The van der Waals surface area contributed by atoms with Gasteiger partial charge in [0.2, 0.25) is 5.91 Å². The molecule has 2 amide bonds. The normalized spacial score (nSPS) is 19.8. The van der Waals surface area contributed by atoms with Gasteiger partial charge in [0.05, 0.1) is 0 Å². The predicted octanol–water partition coefficient (Wildman–Crippen LogP) is 3.34. The molecular formula is C19H22ClN3O2. The summed E-state index contributed by atoms with van der Waals surface area (Å²) in [6.07, 6.45) is 3.97. The number of halogens is 1. The average molecular weight is 360 g/mol. The van der Waals surface area contributed by atoms with Gasteiger partial charge in [-0.25, -0.2) is 0 Å². The van der Waals surface area contributed by atoms with Crippen LogP contribution in [-0.2, 0) is 4.79 Å². The van der Waals surface area contributed by atoms with Crippen molar-refractivity contribution in [3.05, 3.63) is 35.0 Å². The number of H-pyrrole nitrogens is 1. The van der Waals surface area contributed by atoms with Gasteiger partial charge in [0.25, 0.3) is 5.91 Å². The minimum Gasteiger partial charge on any atom is -0.351 e. The lowest BCUT2D eigenvalue weighted by Gasteiger charge is -2.36. The van der Waals surface area contributed by atoms with E-state index in [-0.39, 0.29) is 17.4 Å². The number of aromatic nitrogens is 1. The van der Waals surface area contributed by atoms with E-state index in [4.69, 9.17) is 11.6 Å². The van der Waals surface area contributed by atoms with Crippen molar-refractivity contribution in [3.8, 4) is 0 Å². The van der Waals surface area contributed by atoms with E-state index in [1.807, 2.05) is 29.2 Å². The molecule has 0 radical (unpaired) electrons. The van der Waals surface area contributed by atoms with Gasteiger partial charge in [-0.1, -0.05) is 11.6 Å². The lowest BCUT2D eigenvalue weighted by molar-refractivity contribution is -0.130. The van der Waals surface area contributed by atoms with Crippen LogP contribution < -0.4 is 5.32 Å². The second kappa shape index (κ2) is 6.06. The van der Waals surface area contributed by atoms with Crippen LogP contribution in [-0.4, -0.2) is 40.3 Å². The summed E-state index contributed by atoms with van der Waals surface area (Å²) in [6, 6.07) is 7.41. The van der Waals surface area contributed by atoms with Crippen LogP contribution in [0.25, 0.3) is 10.9 Å². The molecule has 1 saturated carbocycles. The first-order valence-corrected chi connectivity index (χ1v) is 9.21. The van der Waals surface area contributed by atoms with Crippen molar-refractivity contribution >= 4 is 34.3 Å². The van der Waals surface area contributed by atoms with Crippen LogP contribution in [0.15, 0.2) is 24.3 Å². The first-order valence-electron chi connectivity index (χ1n) is 8.83. The van der Waals surface area contributed by atoms with Crippen LogP contribution in [0.4, 0.5) is 0 Å². The molecule has 2 N–H and O–H groups in total. The lowest BCUT2D eigenvalue weighted by Crippen LogP contribution is -2.48. The van der Waals surface area contributed by atoms with Gasteiger partial charge in [-0.05, 0) is 55.9 Å². The van der Waals surface area contributed by atoms with E-state index in [9.17, 15) is 9.59 Å². The van der Waals surface area contributed by atoms with Gasteiger partial charge in [0.15, 0.2) is 0 Å². The Labute approximate surface area is 151 Å². The van der Waals surface area contributed by atoms with Crippen LogP contribution >= 0.6 is 11.6 Å². The first kappa shape index (κ1) is 16.5. The predicted molar refractivity (Wildman–Crippen MR) is 97.7 cm³/mol. The van der Waals surface area contributed by atoms with Crippen LogP contribution in [0, 0.1) is 5.92 Å². The zero-order valence-electron chi connectivity index (χ0n) is 14.3. The highest BCUT2D eigenvalue weighted by molar-refractivity contribution is 6.31. The summed E-state index contributed by atoms with van der Waals surface area (Å²) in [5.41, 5.74) is 1.40. The molecule has 0 spiro atoms. The van der Waals surface area contributed by atoms with Crippen LogP contribution in [0.3, 0.4) is 0 Å². The minimum atomic E-state index is -0.0884. The molecule has 1 aromatic heterocycles. The Bertz CT molecular complexity index is 832. The number of likely N-dealkylation sites (tertiary alicyclic amines) is 1. The number of amides is 2. The molecule has 2 fully saturated rings. The number of benzene rings is 1. The fourth-order valence-electron chi connectivity index (χ4n) is 4.04. The number of aromatic amines is 1. The quantitative estimate of drug-likeness (QED) is 0.882. The minimum absolute atomic E-state index is 0.0566. The van der Waals surface area contributed by atoms with E-state index in [1.165, 1.54) is 0 Å². The largest absolute Gasteiger partial charge is 0.351 e. The molecule has 5 nitrogen and oxygen atoms in total. The molecule has 1 saturated heterocycles. The topological polar surface area (TPSA) is 65.2 Å². The number of nitrogens with one attached hydrogen (secondary N) is 2. The second-order valence-electron chi connectivity index (χ2n) is 7.31. The Morgan fingerprint density at radius 2 is 1.96 bits per heavy atom. The second-order valence-corrected chi connectivity index (χ2v) is 7.74. The lowest BCUT2D eigenvalue weighted by atomic mass is 9.87. The molecule has 0 atom stereocenters. The van der Waals surface area contributed by atoms with Crippen molar-refractivity contribution in [2.24, 2.45) is 5.92 Å². The Kier molecular flexibility index (Phi) is 3.99. The SMILES string of the molecule is CC(=O)N1CCC(C2(NC(=O)c3cc4cc(Cl)ccc4[nH]3)CC2)CC1. The van der Waals surface area contributed by atoms with Crippen molar-refractivity contribution in [2.75, 3.05) is 13.1 Å². The molecule has 1 aliphatic carbocycles. The van der Waals surface area contributed by atoms with Crippen molar-refractivity contribution in [1.82, 2.24) is 15.2 Å². The number of hydrogen-bond donors (Lipinski definition) is 2. The van der Waals surface area contributed by atoms with Gasteiger partial charge in [-0.15, -0.1) is 0 Å². The highest BCUT2D eigenvalue weighted by Crippen LogP contribution is 2.46. The maximum absolute atomic E-state index is 12.7. The molecule has 25 heavy (non-hydrogen) atoms. The highest BCUT2D eigenvalue weighted by Gasteiger charge is 2.51. The van der Waals surface area contributed by atoms with E-state index >= 15 is 0 Å². The number of carbonyl (C=O) groups excluding carboxylic acids is 2. The van der Waals surface area contributed by atoms with Gasteiger partial charge in [-0.2, -0.15) is 0 Å². The molecule has 1 aromatic carbocycles. The zero-order valence-corrected chi connectivity index (χ0v) is 15.0. The monoisotopic (exact) mass is 359 g/mol. The molecule has 2 aliphatic rings. The molecule has 6 heteroatoms. The van der Waals surface area contributed by atoms with Gasteiger partial charge in [0.1, 0.15) is 5.69 Å². The van der Waals surface area contributed by atoms with Crippen molar-refractivity contribution < 1.29 is 9.59 Å². The number of hydrogen-bond acceptors (Lipinski definition) is 2. The highest BCUT2D eigenvalue weighted by atomic mass is 35.5. The molecule has 0 unspecified atom stereocenters. The van der Waals surface area contributed by atoms with E-state index in [0.717, 1.165) is 49.7 Å². The smallest absolute Gasteiger partial charge is 0.268 e. The van der Waals surface area contributed by atoms with Crippen LogP contribution in [0.5, 0.6) is 0 Å². The molecule has 4 rings (SSSR count). The molecule has 2 aromatic rings. The first-order chi connectivity index (χ1) is 12.0. The summed E-state index contributed by atoms with van der Waals surface area (Å²) in [6.45, 7) is 3.21. The molecule has 0 bridgehead atoms. The summed E-state index contributed by atoms with van der Waals surface area (Å²) >= 11 is 6.02. The number of nitrogens with zero attached hydrogens (tertiary/aromatic N) is 1. The molecule has 1 aliphatic heterocycles. The molecule has 2 heterocycles. The maximum Gasteiger partial charge on any atom is 0.268 e. The van der Waals surface area contributed by atoms with Gasteiger partial charge < -0.3 is 15.2 Å². The van der Waals surface area contributed by atoms with E-state index in [1.54, 1.807) is 6.92 Å². The Morgan fingerprint density at radius 3 is 2.60 bits per heavy atom. The zero-order chi connectivity index (χ0) is 17.6. The van der Waals surface area contributed by atoms with E-state index in [0.29, 0.717) is 16.6 Å². The van der Waals surface area contributed by atoms with Gasteiger partial charge in [0, 0.05) is 41.5 Å². The third kappa shape index (κ3) is 3.13. The Morgan fingerprint density at radius 1 is 1.24 bits per heavy atom. The van der Waals surface area contributed by atoms with E-state index in [2.05, 4.69) is 10.3 Å². The van der Waals surface area contributed by atoms with Gasteiger partial charge in [-0.3, -0.25) is 9.59 Å². The molecule has 132 valence electrons. The summed E-state index contributed by atoms with van der Waals surface area (Å²) in [5.74, 6) is 0.536. The van der Waals surface area contributed by atoms with E-state index < -0.39 is 0 Å². The standard InChI is InChI=1S/C19H22ClN3O2/c1-12(24)23-8-4-14(5-9-23)19(6-7-19)22-18(25)17-11-13-10-15(20)2-3-16(13)21-17/h2-3,10-11,14,21H,4-9H2,1H3,(H,22,25). The van der Waals surface area contributed by atoms with Crippen molar-refractivity contribution in [1.29, 1.82) is 0 Å². The summed E-state index contributed by atoms with van der Waals surface area (Å²) < 4.78 is 0. The molecular weight excluding hydrogens is 338 g/mol. The summed E-state index contributed by atoms with van der Waals surface area (Å²) in [5, 5.41) is 4.87. The van der Waals surface area contributed by atoms with Crippen molar-refractivity contribution in [3.63, 3.8) is 0 Å². The van der Waals surface area contributed by atoms with Gasteiger partial charge >= 0.3 is 0 Å².